The van der Waals surface area contributed by atoms with Gasteiger partial charge in [0.25, 0.3) is 0 Å². The smallest absolute Gasteiger partial charge is 0.0611 e. The van der Waals surface area contributed by atoms with Gasteiger partial charge in [0.15, 0.2) is 0 Å². The zero-order chi connectivity index (χ0) is 16.5. The second-order valence-electron chi connectivity index (χ2n) is 6.41. The quantitative estimate of drug-likeness (QED) is 0.505. The van der Waals surface area contributed by atoms with Gasteiger partial charge in [0.2, 0.25) is 0 Å². The van der Waals surface area contributed by atoms with Crippen molar-refractivity contribution in [2.45, 2.75) is 25.0 Å². The molecule has 2 heteroatoms. The first-order valence-electron chi connectivity index (χ1n) is 8.38. The molecule has 1 saturated heterocycles. The number of nitrogens with zero attached hydrogens (tertiary/aromatic N) is 1. The monoisotopic (exact) mass is 377 g/mol. The van der Waals surface area contributed by atoms with E-state index in [-0.39, 0.29) is 0 Å². The number of benzene rings is 3. The van der Waals surface area contributed by atoms with Gasteiger partial charge in [0.1, 0.15) is 0 Å². The van der Waals surface area contributed by atoms with Crippen LogP contribution in [0.4, 0.5) is 0 Å². The molecule has 1 aliphatic heterocycles. The molecule has 3 atom stereocenters. The van der Waals surface area contributed by atoms with Crippen LogP contribution in [0.5, 0.6) is 0 Å². The second-order valence-corrected chi connectivity index (χ2v) is 7.32. The van der Waals surface area contributed by atoms with E-state index in [9.17, 15) is 0 Å². The number of halogens is 1. The summed E-state index contributed by atoms with van der Waals surface area (Å²) in [6.45, 7) is 2.32. The van der Waals surface area contributed by atoms with Crippen LogP contribution in [-0.4, -0.2) is 10.9 Å². The maximum absolute atomic E-state index is 3.53. The van der Waals surface area contributed by atoms with Crippen LogP contribution in [0.15, 0.2) is 89.4 Å². The summed E-state index contributed by atoms with van der Waals surface area (Å²) in [5.41, 5.74) is 4.10. The minimum absolute atomic E-state index is 0.302. The maximum atomic E-state index is 3.53. The standard InChI is InChI=1S/C22H20BrN/c1-16-21(19-12-14-20(23)15-13-19)24(16)22(17-8-4-2-5-9-17)18-10-6-3-7-11-18/h2-16,21-22H,1H3. The highest BCUT2D eigenvalue weighted by Gasteiger charge is 2.49. The van der Waals surface area contributed by atoms with E-state index in [2.05, 4.69) is 113 Å². The van der Waals surface area contributed by atoms with Gasteiger partial charge in [-0.1, -0.05) is 88.7 Å². The van der Waals surface area contributed by atoms with Gasteiger partial charge in [-0.2, -0.15) is 0 Å². The zero-order valence-corrected chi connectivity index (χ0v) is 15.2. The van der Waals surface area contributed by atoms with Crippen LogP contribution >= 0.6 is 15.9 Å². The van der Waals surface area contributed by atoms with E-state index in [4.69, 9.17) is 0 Å². The molecule has 120 valence electrons. The van der Waals surface area contributed by atoms with Gasteiger partial charge in [-0.15, -0.1) is 0 Å². The van der Waals surface area contributed by atoms with Gasteiger partial charge in [0.05, 0.1) is 12.1 Å². The predicted molar refractivity (Wildman–Crippen MR) is 103 cm³/mol. The highest BCUT2D eigenvalue weighted by molar-refractivity contribution is 9.10. The molecule has 4 rings (SSSR count). The zero-order valence-electron chi connectivity index (χ0n) is 13.6. The van der Waals surface area contributed by atoms with E-state index >= 15 is 0 Å². The van der Waals surface area contributed by atoms with E-state index in [0.29, 0.717) is 18.1 Å². The summed E-state index contributed by atoms with van der Waals surface area (Å²) in [5, 5.41) is 0. The van der Waals surface area contributed by atoms with Crippen molar-refractivity contribution in [3.63, 3.8) is 0 Å². The first kappa shape index (κ1) is 15.6. The van der Waals surface area contributed by atoms with Crippen molar-refractivity contribution in [3.05, 3.63) is 106 Å². The number of hydrogen-bond donors (Lipinski definition) is 0. The van der Waals surface area contributed by atoms with Crippen LogP contribution in [0.2, 0.25) is 0 Å². The summed E-state index contributed by atoms with van der Waals surface area (Å²) in [7, 11) is 0. The molecule has 3 unspecified atom stereocenters. The molecule has 3 aromatic carbocycles. The van der Waals surface area contributed by atoms with Crippen molar-refractivity contribution in [2.75, 3.05) is 0 Å². The fourth-order valence-electron chi connectivity index (χ4n) is 3.68. The van der Waals surface area contributed by atoms with Crippen molar-refractivity contribution >= 4 is 15.9 Å². The van der Waals surface area contributed by atoms with Crippen molar-refractivity contribution in [2.24, 2.45) is 0 Å². The Labute approximate surface area is 152 Å². The molecule has 0 aliphatic carbocycles. The van der Waals surface area contributed by atoms with Gasteiger partial charge in [-0.05, 0) is 35.7 Å². The Morgan fingerprint density at radius 2 is 1.25 bits per heavy atom. The Balaban J connectivity index is 1.71. The Bertz CT molecular complexity index is 759. The molecule has 0 amide bonds. The van der Waals surface area contributed by atoms with Crippen molar-refractivity contribution in [3.8, 4) is 0 Å². The fraction of sp³-hybridized carbons (Fsp3) is 0.182. The van der Waals surface area contributed by atoms with E-state index in [1.807, 2.05) is 0 Å². The van der Waals surface area contributed by atoms with Gasteiger partial charge >= 0.3 is 0 Å². The van der Waals surface area contributed by atoms with Gasteiger partial charge < -0.3 is 0 Å². The molecular weight excluding hydrogens is 358 g/mol. The molecule has 1 nitrogen and oxygen atoms in total. The van der Waals surface area contributed by atoms with E-state index < -0.39 is 0 Å². The highest BCUT2D eigenvalue weighted by Crippen LogP contribution is 2.51. The Morgan fingerprint density at radius 1 is 0.750 bits per heavy atom. The van der Waals surface area contributed by atoms with Crippen molar-refractivity contribution in [1.29, 1.82) is 0 Å². The lowest BCUT2D eigenvalue weighted by atomic mass is 9.98. The average molecular weight is 378 g/mol. The molecule has 0 N–H and O–H groups in total. The topological polar surface area (TPSA) is 3.01 Å². The van der Waals surface area contributed by atoms with Gasteiger partial charge in [-0.3, -0.25) is 4.90 Å². The van der Waals surface area contributed by atoms with E-state index in [1.54, 1.807) is 0 Å². The van der Waals surface area contributed by atoms with E-state index in [1.165, 1.54) is 16.7 Å². The Hall–Kier alpha value is -1.90. The normalized spacial score (nSPS) is 22.5. The average Bonchev–Trinajstić information content (AvgIpc) is 3.28. The minimum atomic E-state index is 0.302. The third-order valence-electron chi connectivity index (χ3n) is 4.90. The van der Waals surface area contributed by atoms with Crippen molar-refractivity contribution in [1.82, 2.24) is 4.90 Å². The third-order valence-corrected chi connectivity index (χ3v) is 5.43. The summed E-state index contributed by atoms with van der Waals surface area (Å²) >= 11 is 3.53. The lowest BCUT2D eigenvalue weighted by Crippen LogP contribution is -2.13. The summed E-state index contributed by atoms with van der Waals surface area (Å²) < 4.78 is 1.13. The maximum Gasteiger partial charge on any atom is 0.0611 e. The van der Waals surface area contributed by atoms with Gasteiger partial charge in [-0.25, -0.2) is 0 Å². The van der Waals surface area contributed by atoms with Crippen LogP contribution in [0.1, 0.15) is 35.7 Å². The van der Waals surface area contributed by atoms with E-state index in [0.717, 1.165) is 4.47 Å². The number of hydrogen-bond acceptors (Lipinski definition) is 1. The Kier molecular flexibility index (Phi) is 4.26. The number of rotatable bonds is 4. The molecule has 0 saturated carbocycles. The largest absolute Gasteiger partial charge is 0.279 e. The van der Waals surface area contributed by atoms with Crippen LogP contribution in [0.3, 0.4) is 0 Å². The molecule has 3 aromatic rings. The fourth-order valence-corrected chi connectivity index (χ4v) is 3.95. The predicted octanol–water partition coefficient (Wildman–Crippen LogP) is 5.98. The van der Waals surface area contributed by atoms with Gasteiger partial charge in [0, 0.05) is 10.5 Å². The summed E-state index contributed by atoms with van der Waals surface area (Å²) in [4.78, 5) is 2.61. The molecule has 0 spiro atoms. The summed E-state index contributed by atoms with van der Waals surface area (Å²) in [5.74, 6) is 0. The lowest BCUT2D eigenvalue weighted by molar-refractivity contribution is 0.414. The molecule has 1 fully saturated rings. The van der Waals surface area contributed by atoms with Crippen LogP contribution in [0, 0.1) is 0 Å². The lowest BCUT2D eigenvalue weighted by Gasteiger charge is -2.21. The first-order valence-corrected chi connectivity index (χ1v) is 9.18. The molecular formula is C22H20BrN. The molecule has 0 aromatic heterocycles. The first-order chi connectivity index (χ1) is 11.8. The molecule has 1 aliphatic rings. The summed E-state index contributed by atoms with van der Waals surface area (Å²) in [6, 6.07) is 31.7. The SMILES string of the molecule is CC1C(c2ccc(Br)cc2)N1C(c1ccccc1)c1ccccc1. The molecule has 24 heavy (non-hydrogen) atoms. The van der Waals surface area contributed by atoms with Crippen molar-refractivity contribution < 1.29 is 0 Å². The summed E-state index contributed by atoms with van der Waals surface area (Å²) in [6.07, 6.45) is 0. The second kappa shape index (κ2) is 6.54. The molecule has 0 bridgehead atoms. The minimum Gasteiger partial charge on any atom is -0.279 e. The Morgan fingerprint density at radius 3 is 1.75 bits per heavy atom. The van der Waals surface area contributed by atoms with Crippen LogP contribution < -0.4 is 0 Å². The highest BCUT2D eigenvalue weighted by atomic mass is 79.9. The third kappa shape index (κ3) is 2.92. The molecule has 0 radical (unpaired) electrons. The molecule has 1 heterocycles. The van der Waals surface area contributed by atoms with Crippen LogP contribution in [0.25, 0.3) is 0 Å². The van der Waals surface area contributed by atoms with Crippen LogP contribution in [-0.2, 0) is 0 Å².